The zero-order valence-corrected chi connectivity index (χ0v) is 17.4. The van der Waals surface area contributed by atoms with Crippen LogP contribution in [-0.4, -0.2) is 25.9 Å². The minimum absolute atomic E-state index is 0.353. The highest BCUT2D eigenvalue weighted by atomic mass is 35.5. The van der Waals surface area contributed by atoms with E-state index in [1.807, 2.05) is 41.8 Å². The largest absolute Gasteiger partial charge is 0.478 e. The second kappa shape index (κ2) is 8.55. The Morgan fingerprint density at radius 2 is 2.14 bits per heavy atom. The van der Waals surface area contributed by atoms with Gasteiger partial charge in [0.1, 0.15) is 0 Å². The lowest BCUT2D eigenvalue weighted by atomic mass is 10.1. The number of thiophene rings is 1. The average Bonchev–Trinajstić information content (AvgIpc) is 3.20. The predicted octanol–water partition coefficient (Wildman–Crippen LogP) is 5.61. The van der Waals surface area contributed by atoms with Gasteiger partial charge in [0.15, 0.2) is 5.16 Å². The molecule has 144 valence electrons. The summed E-state index contributed by atoms with van der Waals surface area (Å²) in [6, 6.07) is 11.6. The van der Waals surface area contributed by atoms with E-state index in [1.165, 1.54) is 12.8 Å². The van der Waals surface area contributed by atoms with Gasteiger partial charge in [0.25, 0.3) is 0 Å². The van der Waals surface area contributed by atoms with Gasteiger partial charge in [0, 0.05) is 27.1 Å². The van der Waals surface area contributed by atoms with Crippen LogP contribution in [0.1, 0.15) is 29.0 Å². The number of benzene rings is 1. The van der Waals surface area contributed by atoms with Crippen LogP contribution in [0.15, 0.2) is 58.7 Å². The van der Waals surface area contributed by atoms with Gasteiger partial charge in [-0.3, -0.25) is 0 Å². The Kier molecular flexibility index (Phi) is 5.90. The first-order valence-electron chi connectivity index (χ1n) is 9.02. The first-order chi connectivity index (χ1) is 13.6. The fourth-order valence-electron chi connectivity index (χ4n) is 2.84. The van der Waals surface area contributed by atoms with Gasteiger partial charge in [-0.05, 0) is 42.0 Å². The second-order valence-corrected chi connectivity index (χ2v) is 9.40. The van der Waals surface area contributed by atoms with Crippen molar-refractivity contribution < 1.29 is 9.90 Å². The van der Waals surface area contributed by atoms with Gasteiger partial charge in [-0.2, -0.15) is 0 Å². The summed E-state index contributed by atoms with van der Waals surface area (Å²) in [7, 11) is 0. The number of carboxylic acids is 1. The molecule has 1 fully saturated rings. The van der Waals surface area contributed by atoms with Crippen LogP contribution in [0.25, 0.3) is 6.08 Å². The lowest BCUT2D eigenvalue weighted by molar-refractivity contribution is -0.132. The number of thioether (sulfide) groups is 1. The van der Waals surface area contributed by atoms with E-state index in [0.29, 0.717) is 28.8 Å². The summed E-state index contributed by atoms with van der Waals surface area (Å²) in [5.74, 6) is -0.907. The Bertz CT molecular complexity index is 1010. The summed E-state index contributed by atoms with van der Waals surface area (Å²) < 4.78 is 2.07. The lowest BCUT2D eigenvalue weighted by Crippen LogP contribution is -2.07. The Morgan fingerprint density at radius 3 is 2.82 bits per heavy atom. The van der Waals surface area contributed by atoms with Crippen molar-refractivity contribution in [3.05, 3.63) is 74.7 Å². The topological polar surface area (TPSA) is 55.1 Å². The minimum Gasteiger partial charge on any atom is -0.478 e. The second-order valence-electron chi connectivity index (χ2n) is 6.69. The molecule has 1 aliphatic carbocycles. The molecule has 28 heavy (non-hydrogen) atoms. The van der Waals surface area contributed by atoms with Crippen LogP contribution in [0, 0.1) is 0 Å². The van der Waals surface area contributed by atoms with Crippen LogP contribution < -0.4 is 0 Å². The highest BCUT2D eigenvalue weighted by Crippen LogP contribution is 2.39. The number of halogens is 1. The number of hydrogen-bond donors (Lipinski definition) is 1. The molecular weight excluding hydrogens is 412 g/mol. The maximum Gasteiger partial charge on any atom is 0.332 e. The molecule has 1 saturated carbocycles. The molecule has 0 saturated heterocycles. The number of rotatable bonds is 8. The zero-order chi connectivity index (χ0) is 19.5. The molecule has 0 radical (unpaired) electrons. The van der Waals surface area contributed by atoms with Gasteiger partial charge >= 0.3 is 5.97 Å². The fourth-order valence-corrected chi connectivity index (χ4v) is 4.84. The van der Waals surface area contributed by atoms with Crippen molar-refractivity contribution in [3.63, 3.8) is 0 Å². The molecule has 0 bridgehead atoms. The Labute approximate surface area is 176 Å². The molecule has 0 spiro atoms. The van der Waals surface area contributed by atoms with E-state index in [0.717, 1.165) is 21.3 Å². The standard InChI is InChI=1S/C21H19ClN2O2S2/c22-19-6-2-1-4-14(19)13-24-16(12-23-21(24)28-17-7-8-17)10-15(20(25)26)11-18-5-3-9-27-18/h1-6,9-10,12,17H,7-8,11,13H2,(H,25,26)/b15-10+. The molecule has 0 aliphatic heterocycles. The molecule has 1 aliphatic rings. The lowest BCUT2D eigenvalue weighted by Gasteiger charge is -2.12. The van der Waals surface area contributed by atoms with Crippen molar-refractivity contribution in [2.75, 3.05) is 0 Å². The smallest absolute Gasteiger partial charge is 0.332 e. The Balaban J connectivity index is 1.69. The zero-order valence-electron chi connectivity index (χ0n) is 15.0. The molecular formula is C21H19ClN2O2S2. The maximum atomic E-state index is 11.8. The van der Waals surface area contributed by atoms with E-state index in [9.17, 15) is 9.90 Å². The minimum atomic E-state index is -0.907. The SMILES string of the molecule is O=C(O)/C(=C/c1cnc(SC2CC2)n1Cc1ccccc1Cl)Cc1cccs1. The summed E-state index contributed by atoms with van der Waals surface area (Å²) in [4.78, 5) is 17.4. The fraction of sp³-hybridized carbons (Fsp3) is 0.238. The van der Waals surface area contributed by atoms with E-state index in [-0.39, 0.29) is 0 Å². The molecule has 7 heteroatoms. The molecule has 3 aromatic rings. The van der Waals surface area contributed by atoms with Gasteiger partial charge in [-0.15, -0.1) is 11.3 Å². The molecule has 2 heterocycles. The van der Waals surface area contributed by atoms with Crippen molar-refractivity contribution in [1.29, 1.82) is 0 Å². The highest BCUT2D eigenvalue weighted by molar-refractivity contribution is 8.00. The molecule has 2 aromatic heterocycles. The maximum absolute atomic E-state index is 11.8. The number of carbonyl (C=O) groups is 1. The van der Waals surface area contributed by atoms with Crippen LogP contribution in [0.3, 0.4) is 0 Å². The third-order valence-electron chi connectivity index (χ3n) is 4.47. The quantitative estimate of drug-likeness (QED) is 0.472. The average molecular weight is 431 g/mol. The number of nitrogens with zero attached hydrogens (tertiary/aromatic N) is 2. The van der Waals surface area contributed by atoms with E-state index in [1.54, 1.807) is 35.4 Å². The highest BCUT2D eigenvalue weighted by Gasteiger charge is 2.26. The molecule has 1 aromatic carbocycles. The number of hydrogen-bond acceptors (Lipinski definition) is 4. The summed E-state index contributed by atoms with van der Waals surface area (Å²) >= 11 is 9.69. The van der Waals surface area contributed by atoms with Gasteiger partial charge in [0.05, 0.1) is 18.4 Å². The van der Waals surface area contributed by atoms with Crippen LogP contribution in [0.5, 0.6) is 0 Å². The van der Waals surface area contributed by atoms with E-state index >= 15 is 0 Å². The monoisotopic (exact) mass is 430 g/mol. The first-order valence-corrected chi connectivity index (χ1v) is 11.2. The van der Waals surface area contributed by atoms with Crippen LogP contribution in [0.4, 0.5) is 0 Å². The molecule has 0 unspecified atom stereocenters. The Hall–Kier alpha value is -2.02. The number of aliphatic carboxylic acids is 1. The number of carboxylic acid groups (broad SMARTS) is 1. The summed E-state index contributed by atoms with van der Waals surface area (Å²) in [5, 5.41) is 13.9. The predicted molar refractivity (Wildman–Crippen MR) is 115 cm³/mol. The van der Waals surface area contributed by atoms with Gasteiger partial charge in [-0.1, -0.05) is 47.6 Å². The van der Waals surface area contributed by atoms with Gasteiger partial charge < -0.3 is 9.67 Å². The number of imidazole rings is 1. The van der Waals surface area contributed by atoms with E-state index in [2.05, 4.69) is 9.55 Å². The summed E-state index contributed by atoms with van der Waals surface area (Å²) in [6.45, 7) is 0.562. The van der Waals surface area contributed by atoms with Crippen molar-refractivity contribution in [3.8, 4) is 0 Å². The van der Waals surface area contributed by atoms with Crippen molar-refractivity contribution >= 4 is 46.7 Å². The molecule has 0 amide bonds. The Morgan fingerprint density at radius 1 is 1.32 bits per heavy atom. The van der Waals surface area contributed by atoms with Crippen molar-refractivity contribution in [2.24, 2.45) is 0 Å². The summed E-state index contributed by atoms with van der Waals surface area (Å²) in [5.41, 5.74) is 2.13. The summed E-state index contributed by atoms with van der Waals surface area (Å²) in [6.07, 6.45) is 6.30. The first kappa shape index (κ1) is 19.3. The number of aromatic nitrogens is 2. The third-order valence-corrected chi connectivity index (χ3v) is 7.06. The molecule has 1 N–H and O–H groups in total. The third kappa shape index (κ3) is 4.69. The van der Waals surface area contributed by atoms with Crippen molar-refractivity contribution in [2.45, 2.75) is 36.2 Å². The van der Waals surface area contributed by atoms with Crippen molar-refractivity contribution in [1.82, 2.24) is 9.55 Å². The van der Waals surface area contributed by atoms with Crippen LogP contribution >= 0.6 is 34.7 Å². The van der Waals surface area contributed by atoms with Gasteiger partial charge in [0.2, 0.25) is 0 Å². The van der Waals surface area contributed by atoms with Gasteiger partial charge in [-0.25, -0.2) is 9.78 Å². The molecule has 4 rings (SSSR count). The molecule has 4 nitrogen and oxygen atoms in total. The van der Waals surface area contributed by atoms with E-state index in [4.69, 9.17) is 11.6 Å². The van der Waals surface area contributed by atoms with E-state index < -0.39 is 5.97 Å². The molecule has 0 atom stereocenters. The van der Waals surface area contributed by atoms with Crippen LogP contribution in [0.2, 0.25) is 5.02 Å². The van der Waals surface area contributed by atoms with Crippen LogP contribution in [-0.2, 0) is 17.8 Å². The normalized spacial score (nSPS) is 14.4.